The maximum atomic E-state index is 10.7. The van der Waals surface area contributed by atoms with Crippen molar-refractivity contribution in [1.29, 1.82) is 0 Å². The van der Waals surface area contributed by atoms with Crippen molar-refractivity contribution in [2.24, 2.45) is 0 Å². The van der Waals surface area contributed by atoms with E-state index in [-0.39, 0.29) is 10.6 Å². The van der Waals surface area contributed by atoms with Gasteiger partial charge in [-0.25, -0.2) is 0 Å². The Morgan fingerprint density at radius 2 is 2.20 bits per heavy atom. The highest BCUT2D eigenvalue weighted by molar-refractivity contribution is 7.12. The lowest BCUT2D eigenvalue weighted by Gasteiger charge is -2.08. The van der Waals surface area contributed by atoms with Gasteiger partial charge in [0, 0.05) is 34.1 Å². The summed E-state index contributed by atoms with van der Waals surface area (Å²) in [6.45, 7) is 2.68. The number of aryl methyl sites for hydroxylation is 3. The number of non-ortho nitro benzene ring substituents is 1. The molecule has 3 rings (SSSR count). The van der Waals surface area contributed by atoms with Crippen LogP contribution in [0.15, 0.2) is 24.3 Å². The summed E-state index contributed by atoms with van der Waals surface area (Å²) in [4.78, 5) is 13.2. The Kier molecular flexibility index (Phi) is 3.44. The minimum absolute atomic E-state index is 0.142. The smallest absolute Gasteiger partial charge is 0.269 e. The summed E-state index contributed by atoms with van der Waals surface area (Å²) < 4.78 is 0. The predicted octanol–water partition coefficient (Wildman–Crippen LogP) is 4.07. The van der Waals surface area contributed by atoms with Crippen LogP contribution >= 0.6 is 11.3 Å². The summed E-state index contributed by atoms with van der Waals surface area (Å²) in [7, 11) is 0. The number of fused-ring (bicyclic) bond motifs is 1. The summed E-state index contributed by atoms with van der Waals surface area (Å²) in [5.41, 5.74) is 3.52. The van der Waals surface area contributed by atoms with Crippen molar-refractivity contribution in [3.8, 4) is 0 Å². The fourth-order valence-corrected chi connectivity index (χ4v) is 3.82. The van der Waals surface area contributed by atoms with Gasteiger partial charge in [-0.2, -0.15) is 0 Å². The quantitative estimate of drug-likeness (QED) is 0.681. The third kappa shape index (κ3) is 2.54. The molecule has 1 aromatic carbocycles. The molecule has 0 radical (unpaired) electrons. The van der Waals surface area contributed by atoms with Crippen molar-refractivity contribution in [1.82, 2.24) is 0 Å². The molecule has 0 saturated carbocycles. The number of thiophene rings is 1. The van der Waals surface area contributed by atoms with Crippen LogP contribution in [0.5, 0.6) is 0 Å². The molecule has 104 valence electrons. The molecule has 0 spiro atoms. The number of nitro benzene ring substituents is 1. The average molecular weight is 288 g/mol. The molecule has 4 nitrogen and oxygen atoms in total. The molecule has 1 aromatic heterocycles. The zero-order valence-corrected chi connectivity index (χ0v) is 12.1. The molecule has 0 fully saturated rings. The number of benzene rings is 1. The fourth-order valence-electron chi connectivity index (χ4n) is 2.62. The second-order valence-corrected chi connectivity index (χ2v) is 6.35. The van der Waals surface area contributed by atoms with Gasteiger partial charge in [-0.05, 0) is 49.4 Å². The van der Waals surface area contributed by atoms with Gasteiger partial charge in [0.15, 0.2) is 0 Å². The summed E-state index contributed by atoms with van der Waals surface area (Å²) in [6, 6.07) is 7.23. The Bertz CT molecular complexity index is 642. The molecule has 0 atom stereocenters. The first-order valence-electron chi connectivity index (χ1n) is 6.73. The van der Waals surface area contributed by atoms with E-state index >= 15 is 0 Å². The van der Waals surface area contributed by atoms with Crippen molar-refractivity contribution in [3.63, 3.8) is 0 Å². The number of anilines is 1. The van der Waals surface area contributed by atoms with Gasteiger partial charge in [-0.1, -0.05) is 0 Å². The summed E-state index contributed by atoms with van der Waals surface area (Å²) in [6.07, 6.45) is 3.72. The molecule has 0 aliphatic heterocycles. The lowest BCUT2D eigenvalue weighted by molar-refractivity contribution is -0.384. The number of hydrogen-bond acceptors (Lipinski definition) is 4. The minimum atomic E-state index is -0.361. The van der Waals surface area contributed by atoms with E-state index in [9.17, 15) is 10.1 Å². The zero-order valence-electron chi connectivity index (χ0n) is 11.3. The molecule has 0 bridgehead atoms. The van der Waals surface area contributed by atoms with Crippen LogP contribution in [-0.2, 0) is 19.4 Å². The molecule has 2 aromatic rings. The Hall–Kier alpha value is -1.88. The molecule has 0 amide bonds. The second kappa shape index (κ2) is 5.25. The average Bonchev–Trinajstić information content (AvgIpc) is 2.97. The number of nitro groups is 1. The molecule has 20 heavy (non-hydrogen) atoms. The summed E-state index contributed by atoms with van der Waals surface area (Å²) in [5, 5.41) is 14.1. The van der Waals surface area contributed by atoms with E-state index in [1.54, 1.807) is 18.2 Å². The zero-order chi connectivity index (χ0) is 14.1. The van der Waals surface area contributed by atoms with Gasteiger partial charge in [0.05, 0.1) is 4.92 Å². The molecule has 5 heteroatoms. The summed E-state index contributed by atoms with van der Waals surface area (Å²) >= 11 is 1.88. The third-order valence-electron chi connectivity index (χ3n) is 3.67. The van der Waals surface area contributed by atoms with Gasteiger partial charge in [0.2, 0.25) is 0 Å². The van der Waals surface area contributed by atoms with Crippen LogP contribution in [-0.4, -0.2) is 4.92 Å². The molecular formula is C15H16N2O2S. The molecular weight excluding hydrogens is 272 g/mol. The van der Waals surface area contributed by atoms with E-state index in [1.165, 1.54) is 34.6 Å². The summed E-state index contributed by atoms with van der Waals surface area (Å²) in [5.74, 6) is 0. The lowest BCUT2D eigenvalue weighted by atomic mass is 10.2. The number of hydrogen-bond donors (Lipinski definition) is 1. The Morgan fingerprint density at radius 3 is 2.90 bits per heavy atom. The first-order chi connectivity index (χ1) is 9.63. The highest BCUT2D eigenvalue weighted by Crippen LogP contribution is 2.31. The normalized spacial score (nSPS) is 13.2. The molecule has 1 heterocycles. The molecule has 1 aliphatic rings. The first-order valence-corrected chi connectivity index (χ1v) is 7.54. The fraction of sp³-hybridized carbons (Fsp3) is 0.333. The second-order valence-electron chi connectivity index (χ2n) is 5.12. The Balaban J connectivity index is 1.70. The van der Waals surface area contributed by atoms with Crippen molar-refractivity contribution in [2.75, 3.05) is 5.32 Å². The lowest BCUT2D eigenvalue weighted by Crippen LogP contribution is -2.00. The van der Waals surface area contributed by atoms with Gasteiger partial charge in [0.1, 0.15) is 0 Å². The van der Waals surface area contributed by atoms with Gasteiger partial charge >= 0.3 is 0 Å². The molecule has 0 saturated heterocycles. The highest BCUT2D eigenvalue weighted by atomic mass is 32.1. The first kappa shape index (κ1) is 13.1. The number of nitrogens with zero attached hydrogens (tertiary/aromatic N) is 1. The van der Waals surface area contributed by atoms with E-state index in [1.807, 2.05) is 18.3 Å². The monoisotopic (exact) mass is 288 g/mol. The van der Waals surface area contributed by atoms with Gasteiger partial charge in [-0.3, -0.25) is 10.1 Å². The van der Waals surface area contributed by atoms with Crippen LogP contribution in [0.2, 0.25) is 0 Å². The van der Waals surface area contributed by atoms with Crippen molar-refractivity contribution in [3.05, 3.63) is 55.3 Å². The minimum Gasteiger partial charge on any atom is -0.380 e. The number of nitrogens with one attached hydrogen (secondary N) is 1. The molecule has 1 aliphatic carbocycles. The van der Waals surface area contributed by atoms with Crippen LogP contribution in [0.1, 0.15) is 27.3 Å². The van der Waals surface area contributed by atoms with Crippen LogP contribution in [0.25, 0.3) is 0 Å². The van der Waals surface area contributed by atoms with Gasteiger partial charge < -0.3 is 5.32 Å². The van der Waals surface area contributed by atoms with E-state index < -0.39 is 0 Å². The van der Waals surface area contributed by atoms with E-state index in [0.717, 1.165) is 17.8 Å². The largest absolute Gasteiger partial charge is 0.380 e. The van der Waals surface area contributed by atoms with Crippen molar-refractivity contribution in [2.45, 2.75) is 32.7 Å². The van der Waals surface area contributed by atoms with Gasteiger partial charge in [-0.15, -0.1) is 11.3 Å². The maximum Gasteiger partial charge on any atom is 0.269 e. The van der Waals surface area contributed by atoms with Crippen molar-refractivity contribution < 1.29 is 4.92 Å². The Labute approximate surface area is 121 Å². The van der Waals surface area contributed by atoms with Crippen LogP contribution in [0, 0.1) is 17.0 Å². The Morgan fingerprint density at radius 1 is 1.35 bits per heavy atom. The molecule has 1 N–H and O–H groups in total. The van der Waals surface area contributed by atoms with Gasteiger partial charge in [0.25, 0.3) is 5.69 Å². The van der Waals surface area contributed by atoms with Crippen molar-refractivity contribution >= 4 is 22.7 Å². The van der Waals surface area contributed by atoms with Crippen LogP contribution < -0.4 is 5.32 Å². The maximum absolute atomic E-state index is 10.7. The van der Waals surface area contributed by atoms with E-state index in [0.29, 0.717) is 0 Å². The number of rotatable bonds is 4. The standard InChI is InChI=1S/C15H16N2O2S/c1-10-7-12(17(18)19)5-6-14(10)16-9-13-8-11-3-2-4-15(11)20-13/h5-8,16H,2-4,9H2,1H3. The highest BCUT2D eigenvalue weighted by Gasteiger charge is 2.14. The van der Waals surface area contributed by atoms with Crippen LogP contribution in [0.4, 0.5) is 11.4 Å². The SMILES string of the molecule is Cc1cc([N+](=O)[O-])ccc1NCc1cc2c(s1)CCC2. The molecule has 0 unspecified atom stereocenters. The predicted molar refractivity (Wildman–Crippen MR) is 81.5 cm³/mol. The van der Waals surface area contributed by atoms with E-state index in [2.05, 4.69) is 11.4 Å². The van der Waals surface area contributed by atoms with E-state index in [4.69, 9.17) is 0 Å². The van der Waals surface area contributed by atoms with Crippen LogP contribution in [0.3, 0.4) is 0 Å². The third-order valence-corrected chi connectivity index (χ3v) is 4.91. The topological polar surface area (TPSA) is 55.2 Å².